The highest BCUT2D eigenvalue weighted by atomic mass is 35.5. The number of benzene rings is 1. The summed E-state index contributed by atoms with van der Waals surface area (Å²) in [5.74, 6) is -0.726. The Balaban J connectivity index is 1.84. The predicted octanol–water partition coefficient (Wildman–Crippen LogP) is 2.74. The lowest BCUT2D eigenvalue weighted by Gasteiger charge is -2.11. The average molecular weight is 321 g/mol. The van der Waals surface area contributed by atoms with Crippen molar-refractivity contribution >= 4 is 23.6 Å². The molecule has 0 aliphatic rings. The molecule has 0 spiro atoms. The van der Waals surface area contributed by atoms with Crippen molar-refractivity contribution < 1.29 is 14.3 Å². The van der Waals surface area contributed by atoms with Crippen LogP contribution in [-0.2, 0) is 4.79 Å². The van der Waals surface area contributed by atoms with Gasteiger partial charge in [0.1, 0.15) is 11.0 Å². The minimum Gasteiger partial charge on any atom is -0.387 e. The molecule has 0 radical (unpaired) electrons. The highest BCUT2D eigenvalue weighted by Crippen LogP contribution is 2.12. The predicted molar refractivity (Wildman–Crippen MR) is 82.7 cm³/mol. The third kappa shape index (κ3) is 4.95. The summed E-state index contributed by atoms with van der Waals surface area (Å²) in [5.41, 5.74) is 1.27. The fourth-order valence-electron chi connectivity index (χ4n) is 1.72. The normalized spacial score (nSPS) is 12.3. The van der Waals surface area contributed by atoms with E-state index < -0.39 is 6.10 Å². The molecule has 4 nitrogen and oxygen atoms in total. The molecule has 1 amide bonds. The molecule has 0 fully saturated rings. The number of nitrogens with zero attached hydrogens (tertiary/aromatic N) is 1. The molecular formula is C16H14ClFN2O2. The van der Waals surface area contributed by atoms with Gasteiger partial charge in [-0.3, -0.25) is 4.79 Å². The van der Waals surface area contributed by atoms with Crippen LogP contribution >= 0.6 is 11.6 Å². The van der Waals surface area contributed by atoms with E-state index in [1.165, 1.54) is 30.3 Å². The lowest BCUT2D eigenvalue weighted by Crippen LogP contribution is -2.26. The van der Waals surface area contributed by atoms with Gasteiger partial charge >= 0.3 is 0 Å². The number of carbonyl (C=O) groups excluding carboxylic acids is 1. The standard InChI is InChI=1S/C16H14ClFN2O2/c17-15-7-1-11(9-19-15)2-8-16(22)20-10-14(21)12-3-5-13(18)6-4-12/h1-9,14,21H,10H2,(H,20,22)/b8-2+. The van der Waals surface area contributed by atoms with Gasteiger partial charge in [-0.05, 0) is 35.4 Å². The van der Waals surface area contributed by atoms with Crippen molar-refractivity contribution in [3.63, 3.8) is 0 Å². The quantitative estimate of drug-likeness (QED) is 0.658. The molecule has 1 unspecified atom stereocenters. The van der Waals surface area contributed by atoms with Crippen LogP contribution in [0.1, 0.15) is 17.2 Å². The van der Waals surface area contributed by atoms with Crippen LogP contribution in [0.3, 0.4) is 0 Å². The minimum atomic E-state index is -0.893. The zero-order valence-corrected chi connectivity index (χ0v) is 12.3. The van der Waals surface area contributed by atoms with E-state index in [1.807, 2.05) is 0 Å². The molecule has 2 N–H and O–H groups in total. The highest BCUT2D eigenvalue weighted by Gasteiger charge is 2.08. The minimum absolute atomic E-state index is 0.0354. The van der Waals surface area contributed by atoms with Gasteiger partial charge in [-0.1, -0.05) is 29.8 Å². The summed E-state index contributed by atoms with van der Waals surface area (Å²) in [7, 11) is 0. The summed E-state index contributed by atoms with van der Waals surface area (Å²) in [6.07, 6.45) is 3.57. The van der Waals surface area contributed by atoms with Gasteiger partial charge in [-0.15, -0.1) is 0 Å². The summed E-state index contributed by atoms with van der Waals surface area (Å²) >= 11 is 5.66. The van der Waals surface area contributed by atoms with E-state index in [0.717, 1.165) is 5.56 Å². The highest BCUT2D eigenvalue weighted by molar-refractivity contribution is 6.29. The van der Waals surface area contributed by atoms with E-state index >= 15 is 0 Å². The monoisotopic (exact) mass is 320 g/mol. The molecule has 2 rings (SSSR count). The summed E-state index contributed by atoms with van der Waals surface area (Å²) in [6.45, 7) is 0.0354. The van der Waals surface area contributed by atoms with Crippen molar-refractivity contribution in [1.82, 2.24) is 10.3 Å². The second kappa shape index (κ2) is 7.68. The maximum absolute atomic E-state index is 12.8. The van der Waals surface area contributed by atoms with Gasteiger partial charge in [-0.2, -0.15) is 0 Å². The molecule has 6 heteroatoms. The number of aliphatic hydroxyl groups is 1. The second-order valence-corrected chi connectivity index (χ2v) is 4.95. The topological polar surface area (TPSA) is 62.2 Å². The Hall–Kier alpha value is -2.24. The van der Waals surface area contributed by atoms with Crippen LogP contribution in [-0.4, -0.2) is 22.5 Å². The Bertz CT molecular complexity index is 657. The molecule has 0 aliphatic carbocycles. The van der Waals surface area contributed by atoms with E-state index in [1.54, 1.807) is 24.4 Å². The van der Waals surface area contributed by atoms with Gasteiger partial charge < -0.3 is 10.4 Å². The van der Waals surface area contributed by atoms with Crippen LogP contribution < -0.4 is 5.32 Å². The van der Waals surface area contributed by atoms with E-state index in [2.05, 4.69) is 10.3 Å². The van der Waals surface area contributed by atoms with E-state index in [4.69, 9.17) is 11.6 Å². The number of hydrogen-bond donors (Lipinski definition) is 2. The SMILES string of the molecule is O=C(/C=C/c1ccc(Cl)nc1)NCC(O)c1ccc(F)cc1. The molecule has 1 aromatic carbocycles. The van der Waals surface area contributed by atoms with Crippen LogP contribution in [0.5, 0.6) is 0 Å². The van der Waals surface area contributed by atoms with Gasteiger partial charge in [0, 0.05) is 18.8 Å². The molecule has 2 aromatic rings. The average Bonchev–Trinajstić information content (AvgIpc) is 2.52. The lowest BCUT2D eigenvalue weighted by atomic mass is 10.1. The molecule has 1 heterocycles. The molecule has 0 saturated heterocycles. The second-order valence-electron chi connectivity index (χ2n) is 4.56. The van der Waals surface area contributed by atoms with E-state index in [0.29, 0.717) is 10.7 Å². The molecule has 114 valence electrons. The van der Waals surface area contributed by atoms with Gasteiger partial charge in [0.05, 0.1) is 6.10 Å². The molecule has 22 heavy (non-hydrogen) atoms. The van der Waals surface area contributed by atoms with Crippen molar-refractivity contribution in [3.05, 3.63) is 70.8 Å². The van der Waals surface area contributed by atoms with Crippen molar-refractivity contribution in [2.45, 2.75) is 6.10 Å². The first kappa shape index (κ1) is 16.1. The zero-order valence-electron chi connectivity index (χ0n) is 11.5. The molecule has 0 saturated carbocycles. The number of amides is 1. The van der Waals surface area contributed by atoms with Crippen molar-refractivity contribution in [2.24, 2.45) is 0 Å². The third-order valence-electron chi connectivity index (χ3n) is 2.90. The van der Waals surface area contributed by atoms with E-state index in [-0.39, 0.29) is 18.3 Å². The van der Waals surface area contributed by atoms with Gasteiger partial charge in [-0.25, -0.2) is 9.37 Å². The van der Waals surface area contributed by atoms with Crippen LogP contribution in [0.4, 0.5) is 4.39 Å². The summed E-state index contributed by atoms with van der Waals surface area (Å²) in [4.78, 5) is 15.5. The van der Waals surface area contributed by atoms with Gasteiger partial charge in [0.2, 0.25) is 5.91 Å². The fraction of sp³-hybridized carbons (Fsp3) is 0.125. The molecule has 0 aliphatic heterocycles. The lowest BCUT2D eigenvalue weighted by molar-refractivity contribution is -0.116. The number of aliphatic hydroxyl groups excluding tert-OH is 1. The number of hydrogen-bond acceptors (Lipinski definition) is 3. The maximum Gasteiger partial charge on any atom is 0.244 e. The molecule has 1 atom stereocenters. The van der Waals surface area contributed by atoms with Crippen molar-refractivity contribution in [3.8, 4) is 0 Å². The first-order valence-corrected chi connectivity index (χ1v) is 6.93. The number of halogens is 2. The summed E-state index contributed by atoms with van der Waals surface area (Å²) < 4.78 is 12.8. The smallest absolute Gasteiger partial charge is 0.244 e. The molecule has 0 bridgehead atoms. The number of aromatic nitrogens is 1. The van der Waals surface area contributed by atoms with Crippen LogP contribution in [0, 0.1) is 5.82 Å². The van der Waals surface area contributed by atoms with Crippen molar-refractivity contribution in [1.29, 1.82) is 0 Å². The van der Waals surface area contributed by atoms with Crippen LogP contribution in [0.2, 0.25) is 5.15 Å². The Morgan fingerprint density at radius 1 is 1.32 bits per heavy atom. The molecule has 1 aromatic heterocycles. The maximum atomic E-state index is 12.8. The number of carbonyl (C=O) groups is 1. The third-order valence-corrected chi connectivity index (χ3v) is 3.13. The van der Waals surface area contributed by atoms with Crippen LogP contribution in [0.15, 0.2) is 48.7 Å². The van der Waals surface area contributed by atoms with Crippen molar-refractivity contribution in [2.75, 3.05) is 6.54 Å². The van der Waals surface area contributed by atoms with Crippen LogP contribution in [0.25, 0.3) is 6.08 Å². The first-order valence-electron chi connectivity index (χ1n) is 6.55. The Morgan fingerprint density at radius 2 is 2.05 bits per heavy atom. The Kier molecular flexibility index (Phi) is 5.63. The number of rotatable bonds is 5. The zero-order chi connectivity index (χ0) is 15.9. The first-order chi connectivity index (χ1) is 10.5. The summed E-state index contributed by atoms with van der Waals surface area (Å²) in [5, 5.41) is 12.8. The Labute approximate surface area is 132 Å². The largest absolute Gasteiger partial charge is 0.387 e. The van der Waals surface area contributed by atoms with E-state index in [9.17, 15) is 14.3 Å². The fourth-order valence-corrected chi connectivity index (χ4v) is 1.83. The summed E-state index contributed by atoms with van der Waals surface area (Å²) in [6, 6.07) is 8.81. The Morgan fingerprint density at radius 3 is 2.68 bits per heavy atom. The molecular weight excluding hydrogens is 307 g/mol. The van der Waals surface area contributed by atoms with Gasteiger partial charge in [0.25, 0.3) is 0 Å². The number of pyridine rings is 1. The number of nitrogens with one attached hydrogen (secondary N) is 1. The van der Waals surface area contributed by atoms with Gasteiger partial charge in [0.15, 0.2) is 0 Å².